The number of piperidine rings is 1. The maximum atomic E-state index is 12.5. The zero-order valence-electron chi connectivity index (χ0n) is 14.6. The predicted molar refractivity (Wildman–Crippen MR) is 95.7 cm³/mol. The molecule has 1 atom stereocenters. The van der Waals surface area contributed by atoms with Crippen LogP contribution in [0, 0.1) is 23.2 Å². The molecule has 4 aliphatic carbocycles. The molecular weight excluding hydrogens is 308 g/mol. The summed E-state index contributed by atoms with van der Waals surface area (Å²) < 4.78 is 0. The Morgan fingerprint density at radius 2 is 1.57 bits per heavy atom. The van der Waals surface area contributed by atoms with Crippen LogP contribution in [-0.2, 0) is 4.79 Å². The van der Waals surface area contributed by atoms with E-state index >= 15 is 0 Å². The molecule has 1 saturated heterocycles. The first-order chi connectivity index (χ1) is 10.6. The second-order valence-electron chi connectivity index (χ2n) is 8.91. The van der Waals surface area contributed by atoms with Gasteiger partial charge in [0.25, 0.3) is 0 Å². The zero-order valence-corrected chi connectivity index (χ0v) is 15.4. The summed E-state index contributed by atoms with van der Waals surface area (Å²) in [5.41, 5.74) is 0.437. The fraction of sp³-hybridized carbons (Fsp3) is 0.947. The average Bonchev–Trinajstić information content (AvgIpc) is 2.46. The van der Waals surface area contributed by atoms with Crippen LogP contribution in [0.2, 0.25) is 0 Å². The summed E-state index contributed by atoms with van der Waals surface area (Å²) in [6.07, 6.45) is 12.4. The van der Waals surface area contributed by atoms with Gasteiger partial charge in [-0.05, 0) is 94.5 Å². The molecular formula is C19H33ClN2O. The van der Waals surface area contributed by atoms with Gasteiger partial charge in [-0.1, -0.05) is 6.42 Å². The third kappa shape index (κ3) is 3.56. The number of hydrogen-bond donors (Lipinski definition) is 1. The molecule has 0 aromatic heterocycles. The molecule has 5 fully saturated rings. The summed E-state index contributed by atoms with van der Waals surface area (Å²) >= 11 is 0. The Kier molecular flexibility index (Phi) is 5.27. The van der Waals surface area contributed by atoms with Crippen LogP contribution < -0.4 is 5.32 Å². The Morgan fingerprint density at radius 3 is 2.09 bits per heavy atom. The van der Waals surface area contributed by atoms with Gasteiger partial charge in [0.2, 0.25) is 5.91 Å². The molecule has 4 heteroatoms. The Morgan fingerprint density at radius 1 is 1.04 bits per heavy atom. The van der Waals surface area contributed by atoms with Crippen molar-refractivity contribution in [2.75, 3.05) is 19.6 Å². The van der Waals surface area contributed by atoms with Crippen molar-refractivity contribution in [3.05, 3.63) is 0 Å². The Hall–Kier alpha value is -0.280. The molecule has 5 rings (SSSR count). The zero-order chi connectivity index (χ0) is 15.2. The van der Waals surface area contributed by atoms with Crippen LogP contribution in [0.3, 0.4) is 0 Å². The lowest BCUT2D eigenvalue weighted by Crippen LogP contribution is -2.56. The highest BCUT2D eigenvalue weighted by Crippen LogP contribution is 2.61. The SMILES string of the molecule is CC(NC(=O)CN1CCCCC1)C12CC3CC(CC(C3)C1)C2.Cl. The van der Waals surface area contributed by atoms with E-state index in [9.17, 15) is 4.79 Å². The topological polar surface area (TPSA) is 32.3 Å². The second-order valence-corrected chi connectivity index (χ2v) is 8.91. The lowest BCUT2D eigenvalue weighted by atomic mass is 9.48. The maximum Gasteiger partial charge on any atom is 0.234 e. The van der Waals surface area contributed by atoms with Gasteiger partial charge in [0.1, 0.15) is 0 Å². The summed E-state index contributed by atoms with van der Waals surface area (Å²) in [5.74, 6) is 3.17. The van der Waals surface area contributed by atoms with E-state index in [-0.39, 0.29) is 18.3 Å². The third-order valence-corrected chi connectivity index (χ3v) is 7.20. The van der Waals surface area contributed by atoms with Gasteiger partial charge in [0.05, 0.1) is 6.54 Å². The van der Waals surface area contributed by atoms with Gasteiger partial charge < -0.3 is 5.32 Å². The highest BCUT2D eigenvalue weighted by atomic mass is 35.5. The quantitative estimate of drug-likeness (QED) is 0.847. The van der Waals surface area contributed by atoms with Crippen molar-refractivity contribution in [2.45, 2.75) is 70.8 Å². The van der Waals surface area contributed by atoms with Crippen molar-refractivity contribution < 1.29 is 4.79 Å². The van der Waals surface area contributed by atoms with Crippen molar-refractivity contribution >= 4 is 18.3 Å². The predicted octanol–water partition coefficient (Wildman–Crippen LogP) is 3.62. The van der Waals surface area contributed by atoms with Crippen molar-refractivity contribution in [2.24, 2.45) is 23.2 Å². The van der Waals surface area contributed by atoms with Gasteiger partial charge in [-0.2, -0.15) is 0 Å². The van der Waals surface area contributed by atoms with Crippen LogP contribution in [0.25, 0.3) is 0 Å². The van der Waals surface area contributed by atoms with Crippen LogP contribution in [0.5, 0.6) is 0 Å². The van der Waals surface area contributed by atoms with Gasteiger partial charge >= 0.3 is 0 Å². The molecule has 0 aromatic carbocycles. The Bertz CT molecular complexity index is 398. The average molecular weight is 341 g/mol. The normalized spacial score (nSPS) is 40.5. The van der Waals surface area contributed by atoms with Crippen LogP contribution in [-0.4, -0.2) is 36.5 Å². The number of carbonyl (C=O) groups is 1. The van der Waals surface area contributed by atoms with Crippen LogP contribution in [0.1, 0.15) is 64.7 Å². The van der Waals surface area contributed by atoms with Crippen LogP contribution in [0.15, 0.2) is 0 Å². The van der Waals surface area contributed by atoms with Gasteiger partial charge in [0.15, 0.2) is 0 Å². The molecule has 0 aromatic rings. The monoisotopic (exact) mass is 340 g/mol. The summed E-state index contributed by atoms with van der Waals surface area (Å²) in [4.78, 5) is 14.8. The molecule has 1 heterocycles. The minimum Gasteiger partial charge on any atom is -0.352 e. The fourth-order valence-electron chi connectivity index (χ4n) is 6.47. The number of nitrogens with zero attached hydrogens (tertiary/aromatic N) is 1. The number of amides is 1. The number of nitrogens with one attached hydrogen (secondary N) is 1. The van der Waals surface area contributed by atoms with Crippen molar-refractivity contribution in [1.82, 2.24) is 10.2 Å². The van der Waals surface area contributed by atoms with E-state index in [0.29, 0.717) is 18.0 Å². The van der Waals surface area contributed by atoms with E-state index in [2.05, 4.69) is 17.1 Å². The molecule has 0 radical (unpaired) electrons. The van der Waals surface area contributed by atoms with Crippen molar-refractivity contribution in [3.63, 3.8) is 0 Å². The molecule has 1 amide bonds. The lowest BCUT2D eigenvalue weighted by molar-refractivity contribution is -0.127. The van der Waals surface area contributed by atoms with Gasteiger partial charge in [-0.15, -0.1) is 12.4 Å². The molecule has 1 aliphatic heterocycles. The molecule has 23 heavy (non-hydrogen) atoms. The summed E-state index contributed by atoms with van der Waals surface area (Å²) in [7, 11) is 0. The lowest BCUT2D eigenvalue weighted by Gasteiger charge is -2.59. The van der Waals surface area contributed by atoms with Gasteiger partial charge in [0, 0.05) is 6.04 Å². The first-order valence-corrected chi connectivity index (χ1v) is 9.65. The van der Waals surface area contributed by atoms with Crippen molar-refractivity contribution in [3.8, 4) is 0 Å². The third-order valence-electron chi connectivity index (χ3n) is 7.20. The summed E-state index contributed by atoms with van der Waals surface area (Å²) in [6.45, 7) is 5.14. The molecule has 5 aliphatic rings. The maximum absolute atomic E-state index is 12.5. The van der Waals surface area contributed by atoms with E-state index in [1.165, 1.54) is 57.8 Å². The number of halogens is 1. The molecule has 1 unspecified atom stereocenters. The van der Waals surface area contributed by atoms with E-state index in [4.69, 9.17) is 0 Å². The minimum atomic E-state index is 0. The first kappa shape index (κ1) is 17.5. The molecule has 3 nitrogen and oxygen atoms in total. The Balaban J connectivity index is 0.00000156. The largest absolute Gasteiger partial charge is 0.352 e. The second kappa shape index (κ2) is 6.92. The molecule has 0 spiro atoms. The Labute approximate surface area is 147 Å². The summed E-state index contributed by atoms with van der Waals surface area (Å²) in [5, 5.41) is 3.40. The molecule has 1 N–H and O–H groups in total. The van der Waals surface area contributed by atoms with Gasteiger partial charge in [-0.3, -0.25) is 9.69 Å². The van der Waals surface area contributed by atoms with E-state index < -0.39 is 0 Å². The van der Waals surface area contributed by atoms with Gasteiger partial charge in [-0.25, -0.2) is 0 Å². The number of carbonyl (C=O) groups excluding carboxylic acids is 1. The standard InChI is InChI=1S/C19H32N2O.ClH/c1-14(20-18(22)13-21-5-3-2-4-6-21)19-10-15-7-16(11-19)9-17(8-15)12-19;/h14-17H,2-13H2,1H3,(H,20,22);1H. The van der Waals surface area contributed by atoms with Crippen LogP contribution in [0.4, 0.5) is 0 Å². The van der Waals surface area contributed by atoms with E-state index in [0.717, 1.165) is 30.8 Å². The first-order valence-electron chi connectivity index (χ1n) is 9.65. The molecule has 4 saturated carbocycles. The highest BCUT2D eigenvalue weighted by Gasteiger charge is 2.53. The summed E-state index contributed by atoms with van der Waals surface area (Å²) in [6, 6.07) is 0.373. The number of hydrogen-bond acceptors (Lipinski definition) is 2. The number of likely N-dealkylation sites (tertiary alicyclic amines) is 1. The van der Waals surface area contributed by atoms with Crippen molar-refractivity contribution in [1.29, 1.82) is 0 Å². The van der Waals surface area contributed by atoms with E-state index in [1.54, 1.807) is 0 Å². The molecule has 132 valence electrons. The fourth-order valence-corrected chi connectivity index (χ4v) is 6.47. The molecule has 4 bridgehead atoms. The minimum absolute atomic E-state index is 0. The van der Waals surface area contributed by atoms with E-state index in [1.807, 2.05) is 0 Å². The number of rotatable bonds is 4. The smallest absolute Gasteiger partial charge is 0.234 e. The van der Waals surface area contributed by atoms with Crippen LogP contribution >= 0.6 is 12.4 Å². The highest BCUT2D eigenvalue weighted by molar-refractivity contribution is 5.85.